The lowest BCUT2D eigenvalue weighted by Crippen LogP contribution is -2.44. The zero-order valence-corrected chi connectivity index (χ0v) is 16.2. The van der Waals surface area contributed by atoms with Gasteiger partial charge in [0.25, 0.3) is 0 Å². The average molecular weight is 433 g/mol. The second-order valence-corrected chi connectivity index (χ2v) is 6.73. The highest BCUT2D eigenvalue weighted by Crippen LogP contribution is 2.23. The Balaban J connectivity index is 0.00000176. The minimum atomic E-state index is 0. The maximum Gasteiger partial charge on any atom is 0.193 e. The zero-order chi connectivity index (χ0) is 14.7. The molecule has 0 unspecified atom stereocenters. The molecule has 0 amide bonds. The molecule has 0 aromatic carbocycles. The Bertz CT molecular complexity index is 584. The number of aliphatic imine (C=N–C) groups is 1. The normalized spacial score (nSPS) is 22.4. The van der Waals surface area contributed by atoms with Gasteiger partial charge >= 0.3 is 0 Å². The molecule has 0 spiro atoms. The fourth-order valence-electron chi connectivity index (χ4n) is 2.83. The van der Waals surface area contributed by atoms with Crippen molar-refractivity contribution in [2.75, 3.05) is 7.05 Å². The van der Waals surface area contributed by atoms with Gasteiger partial charge in [0.2, 0.25) is 0 Å². The molecule has 0 bridgehead atoms. The standard InChI is InChI=1S/C15H23N5S.HI/c1-11-3-5-12(6-4-11)18-14(16-2)17-9-13-10-20-7-8-21-15(20)19-13;/h7-8,10-12H,3-6,9H2,1-2H3,(H2,16,17,18);1H. The van der Waals surface area contributed by atoms with Gasteiger partial charge in [-0.05, 0) is 31.6 Å². The Morgan fingerprint density at radius 1 is 1.41 bits per heavy atom. The van der Waals surface area contributed by atoms with Crippen LogP contribution in [0.25, 0.3) is 4.96 Å². The molecule has 0 radical (unpaired) electrons. The summed E-state index contributed by atoms with van der Waals surface area (Å²) in [4.78, 5) is 9.93. The van der Waals surface area contributed by atoms with E-state index < -0.39 is 0 Å². The van der Waals surface area contributed by atoms with Gasteiger partial charge in [0, 0.05) is 30.9 Å². The van der Waals surface area contributed by atoms with E-state index >= 15 is 0 Å². The number of hydrogen-bond acceptors (Lipinski definition) is 3. The van der Waals surface area contributed by atoms with E-state index in [0.717, 1.165) is 22.5 Å². The van der Waals surface area contributed by atoms with Crippen molar-refractivity contribution in [3.63, 3.8) is 0 Å². The zero-order valence-electron chi connectivity index (χ0n) is 13.1. The van der Waals surface area contributed by atoms with E-state index in [2.05, 4.69) is 38.1 Å². The van der Waals surface area contributed by atoms with Crippen molar-refractivity contribution in [1.29, 1.82) is 0 Å². The number of nitrogens with one attached hydrogen (secondary N) is 2. The van der Waals surface area contributed by atoms with E-state index in [1.165, 1.54) is 25.7 Å². The molecular weight excluding hydrogens is 409 g/mol. The van der Waals surface area contributed by atoms with Crippen molar-refractivity contribution in [3.05, 3.63) is 23.5 Å². The first-order valence-corrected chi connectivity index (χ1v) is 8.51. The lowest BCUT2D eigenvalue weighted by atomic mass is 9.87. The number of nitrogens with zero attached hydrogens (tertiary/aromatic N) is 3. The van der Waals surface area contributed by atoms with Crippen LogP contribution in [0.5, 0.6) is 0 Å². The van der Waals surface area contributed by atoms with Crippen LogP contribution in [0.3, 0.4) is 0 Å². The first kappa shape index (κ1) is 17.5. The highest BCUT2D eigenvalue weighted by atomic mass is 127. The topological polar surface area (TPSA) is 53.7 Å². The van der Waals surface area contributed by atoms with Crippen molar-refractivity contribution in [3.8, 4) is 0 Å². The van der Waals surface area contributed by atoms with E-state index in [9.17, 15) is 0 Å². The molecule has 0 atom stereocenters. The van der Waals surface area contributed by atoms with Gasteiger partial charge in [0.05, 0.1) is 12.2 Å². The summed E-state index contributed by atoms with van der Waals surface area (Å²) >= 11 is 1.66. The van der Waals surface area contributed by atoms with Gasteiger partial charge in [-0.2, -0.15) is 0 Å². The van der Waals surface area contributed by atoms with Crippen LogP contribution < -0.4 is 10.6 Å². The van der Waals surface area contributed by atoms with E-state index in [-0.39, 0.29) is 24.0 Å². The average Bonchev–Trinajstić information content (AvgIpc) is 3.06. The number of aromatic nitrogens is 2. The highest BCUT2D eigenvalue weighted by molar-refractivity contribution is 14.0. The van der Waals surface area contributed by atoms with Crippen LogP contribution in [-0.4, -0.2) is 28.4 Å². The molecule has 7 heteroatoms. The molecule has 22 heavy (non-hydrogen) atoms. The largest absolute Gasteiger partial charge is 0.354 e. The summed E-state index contributed by atoms with van der Waals surface area (Å²) in [7, 11) is 1.83. The summed E-state index contributed by atoms with van der Waals surface area (Å²) in [5, 5.41) is 8.94. The molecule has 0 aliphatic heterocycles. The summed E-state index contributed by atoms with van der Waals surface area (Å²) in [6.07, 6.45) is 9.20. The first-order chi connectivity index (χ1) is 10.2. The van der Waals surface area contributed by atoms with Crippen molar-refractivity contribution in [2.45, 2.75) is 45.2 Å². The minimum absolute atomic E-state index is 0. The van der Waals surface area contributed by atoms with Gasteiger partial charge in [-0.25, -0.2) is 4.98 Å². The molecule has 2 heterocycles. The molecule has 122 valence electrons. The Hall–Kier alpha value is -0.830. The summed E-state index contributed by atoms with van der Waals surface area (Å²) in [6.45, 7) is 3.05. The van der Waals surface area contributed by atoms with Crippen LogP contribution in [0, 0.1) is 5.92 Å². The van der Waals surface area contributed by atoms with Crippen molar-refractivity contribution in [2.24, 2.45) is 10.9 Å². The molecule has 1 fully saturated rings. The van der Waals surface area contributed by atoms with E-state index in [4.69, 9.17) is 0 Å². The number of guanidine groups is 1. The maximum absolute atomic E-state index is 4.57. The third-order valence-electron chi connectivity index (χ3n) is 4.16. The van der Waals surface area contributed by atoms with Crippen LogP contribution in [0.4, 0.5) is 0 Å². The summed E-state index contributed by atoms with van der Waals surface area (Å²) < 4.78 is 2.06. The van der Waals surface area contributed by atoms with Gasteiger partial charge in [0.15, 0.2) is 10.9 Å². The fourth-order valence-corrected chi connectivity index (χ4v) is 3.55. The van der Waals surface area contributed by atoms with Crippen LogP contribution in [0.15, 0.2) is 22.8 Å². The molecule has 0 saturated heterocycles. The molecule has 2 aromatic rings. The molecule has 5 nitrogen and oxygen atoms in total. The monoisotopic (exact) mass is 433 g/mol. The first-order valence-electron chi connectivity index (χ1n) is 7.63. The highest BCUT2D eigenvalue weighted by Gasteiger charge is 2.18. The SMILES string of the molecule is CN=C(NCc1cn2ccsc2n1)NC1CCC(C)CC1.I. The summed E-state index contributed by atoms with van der Waals surface area (Å²) in [5.41, 5.74) is 1.04. The predicted octanol–water partition coefficient (Wildman–Crippen LogP) is 3.26. The molecule has 1 aliphatic carbocycles. The Morgan fingerprint density at radius 2 is 2.18 bits per heavy atom. The molecule has 1 saturated carbocycles. The Labute approximate surface area is 152 Å². The minimum Gasteiger partial charge on any atom is -0.354 e. The number of imidazole rings is 1. The number of hydrogen-bond donors (Lipinski definition) is 2. The molecule has 2 N–H and O–H groups in total. The molecule has 3 rings (SSSR count). The molecule has 1 aliphatic rings. The second kappa shape index (κ2) is 8.14. The van der Waals surface area contributed by atoms with Gasteiger partial charge in [0.1, 0.15) is 0 Å². The smallest absolute Gasteiger partial charge is 0.193 e. The van der Waals surface area contributed by atoms with Gasteiger partial charge < -0.3 is 10.6 Å². The maximum atomic E-state index is 4.57. The third-order valence-corrected chi connectivity index (χ3v) is 4.93. The molecule has 2 aromatic heterocycles. The number of thiazole rings is 1. The van der Waals surface area contributed by atoms with E-state index in [1.54, 1.807) is 11.3 Å². The van der Waals surface area contributed by atoms with Crippen molar-refractivity contribution >= 4 is 46.2 Å². The van der Waals surface area contributed by atoms with Gasteiger partial charge in [-0.3, -0.25) is 9.39 Å². The summed E-state index contributed by atoms with van der Waals surface area (Å²) in [5.74, 6) is 1.75. The van der Waals surface area contributed by atoms with Crippen LogP contribution in [0.2, 0.25) is 0 Å². The quantitative estimate of drug-likeness (QED) is 0.444. The third kappa shape index (κ3) is 4.34. The number of fused-ring (bicyclic) bond motifs is 1. The Morgan fingerprint density at radius 3 is 2.86 bits per heavy atom. The lowest BCUT2D eigenvalue weighted by Gasteiger charge is -2.28. The number of halogens is 1. The second-order valence-electron chi connectivity index (χ2n) is 5.85. The number of rotatable bonds is 3. The van der Waals surface area contributed by atoms with Crippen LogP contribution >= 0.6 is 35.3 Å². The van der Waals surface area contributed by atoms with Gasteiger partial charge in [-0.15, -0.1) is 35.3 Å². The summed E-state index contributed by atoms with van der Waals surface area (Å²) in [6, 6.07) is 0.554. The van der Waals surface area contributed by atoms with E-state index in [0.29, 0.717) is 12.6 Å². The lowest BCUT2D eigenvalue weighted by molar-refractivity contribution is 0.329. The predicted molar refractivity (Wildman–Crippen MR) is 103 cm³/mol. The van der Waals surface area contributed by atoms with Crippen LogP contribution in [-0.2, 0) is 6.54 Å². The van der Waals surface area contributed by atoms with Crippen molar-refractivity contribution in [1.82, 2.24) is 20.0 Å². The van der Waals surface area contributed by atoms with Crippen molar-refractivity contribution < 1.29 is 0 Å². The Kier molecular flexibility index (Phi) is 6.49. The molecular formula is C15H24IN5S. The van der Waals surface area contributed by atoms with Crippen LogP contribution in [0.1, 0.15) is 38.3 Å². The van der Waals surface area contributed by atoms with E-state index in [1.807, 2.05) is 18.6 Å². The van der Waals surface area contributed by atoms with Gasteiger partial charge in [-0.1, -0.05) is 6.92 Å². The fraction of sp³-hybridized carbons (Fsp3) is 0.600.